The van der Waals surface area contributed by atoms with Gasteiger partial charge < -0.3 is 20.4 Å². The Morgan fingerprint density at radius 2 is 1.58 bits per heavy atom. The SMILES string of the molecule is O=C(O)C1=C(C(=O)O)C(Cl)(C(=O)O)C(C(=O)O)c2ccc(Cl)cc21. The molecule has 0 aromatic heterocycles. The molecular weight excluding hydrogens is 367 g/mol. The highest BCUT2D eigenvalue weighted by Crippen LogP contribution is 2.50. The number of aliphatic carboxylic acids is 4. The van der Waals surface area contributed by atoms with Crippen molar-refractivity contribution < 1.29 is 39.6 Å². The number of hydrogen-bond donors (Lipinski definition) is 4. The lowest BCUT2D eigenvalue weighted by molar-refractivity contribution is -0.149. The first-order valence-electron chi connectivity index (χ1n) is 6.19. The van der Waals surface area contributed by atoms with Crippen LogP contribution >= 0.6 is 23.2 Å². The molecule has 0 aliphatic heterocycles. The molecule has 1 aromatic carbocycles. The first kappa shape index (κ1) is 17.8. The van der Waals surface area contributed by atoms with Crippen molar-refractivity contribution in [3.8, 4) is 0 Å². The Kier molecular flexibility index (Phi) is 4.30. The first-order chi connectivity index (χ1) is 11.0. The van der Waals surface area contributed by atoms with Crippen LogP contribution in [-0.4, -0.2) is 49.2 Å². The molecule has 0 saturated heterocycles. The third kappa shape index (κ3) is 2.40. The van der Waals surface area contributed by atoms with Gasteiger partial charge in [-0.05, 0) is 23.3 Å². The molecular formula is C14H8Cl2O8. The summed E-state index contributed by atoms with van der Waals surface area (Å²) in [5, 5.41) is 37.5. The third-order valence-electron chi connectivity index (χ3n) is 3.59. The van der Waals surface area contributed by atoms with Crippen molar-refractivity contribution in [2.75, 3.05) is 0 Å². The fourth-order valence-corrected chi connectivity index (χ4v) is 3.25. The molecule has 4 N–H and O–H groups in total. The van der Waals surface area contributed by atoms with Gasteiger partial charge in [0.15, 0.2) is 4.87 Å². The average molecular weight is 375 g/mol. The summed E-state index contributed by atoms with van der Waals surface area (Å²) in [4.78, 5) is 43.4. The Hall–Kier alpha value is -2.58. The molecule has 8 nitrogen and oxygen atoms in total. The lowest BCUT2D eigenvalue weighted by atomic mass is 9.70. The zero-order chi connectivity index (χ0) is 18.4. The van der Waals surface area contributed by atoms with Crippen LogP contribution in [-0.2, 0) is 19.2 Å². The van der Waals surface area contributed by atoms with Gasteiger partial charge in [-0.3, -0.25) is 4.79 Å². The predicted molar refractivity (Wildman–Crippen MR) is 80.2 cm³/mol. The van der Waals surface area contributed by atoms with E-state index in [2.05, 4.69) is 0 Å². The molecule has 1 aliphatic carbocycles. The Morgan fingerprint density at radius 3 is 2.00 bits per heavy atom. The van der Waals surface area contributed by atoms with Crippen molar-refractivity contribution in [3.63, 3.8) is 0 Å². The summed E-state index contributed by atoms with van der Waals surface area (Å²) in [5.41, 5.74) is -2.73. The summed E-state index contributed by atoms with van der Waals surface area (Å²) < 4.78 is 0. The van der Waals surface area contributed by atoms with E-state index in [4.69, 9.17) is 23.2 Å². The largest absolute Gasteiger partial charge is 0.481 e. The van der Waals surface area contributed by atoms with Crippen LogP contribution < -0.4 is 0 Å². The van der Waals surface area contributed by atoms with E-state index in [9.17, 15) is 39.6 Å². The van der Waals surface area contributed by atoms with Crippen LogP contribution in [0.1, 0.15) is 17.0 Å². The van der Waals surface area contributed by atoms with Gasteiger partial charge in [0.1, 0.15) is 5.92 Å². The van der Waals surface area contributed by atoms with E-state index in [1.54, 1.807) is 0 Å². The highest BCUT2D eigenvalue weighted by Gasteiger charge is 2.59. The summed E-state index contributed by atoms with van der Waals surface area (Å²) in [7, 11) is 0. The van der Waals surface area contributed by atoms with Crippen molar-refractivity contribution in [3.05, 3.63) is 39.9 Å². The molecule has 1 aliphatic rings. The van der Waals surface area contributed by atoms with Crippen LogP contribution in [0.5, 0.6) is 0 Å². The molecule has 24 heavy (non-hydrogen) atoms. The van der Waals surface area contributed by atoms with Crippen molar-refractivity contribution in [2.24, 2.45) is 0 Å². The third-order valence-corrected chi connectivity index (χ3v) is 4.40. The smallest absolute Gasteiger partial charge is 0.336 e. The van der Waals surface area contributed by atoms with Crippen molar-refractivity contribution in [2.45, 2.75) is 10.8 Å². The summed E-state index contributed by atoms with van der Waals surface area (Å²) in [6, 6.07) is 3.39. The molecule has 126 valence electrons. The van der Waals surface area contributed by atoms with Gasteiger partial charge in [-0.15, -0.1) is 0 Å². The van der Waals surface area contributed by atoms with Gasteiger partial charge in [0.2, 0.25) is 0 Å². The fourth-order valence-electron chi connectivity index (χ4n) is 2.69. The standard InChI is InChI=1S/C14H8Cl2O8/c15-4-1-2-5-6(3-4)7(10(17)18)9(12(21)22)14(16,13(23)24)8(5)11(19)20/h1-3,8H,(H,17,18)(H,19,20)(H,21,22)(H,23,24). The molecule has 2 rings (SSSR count). The number of fused-ring (bicyclic) bond motifs is 1. The van der Waals surface area contributed by atoms with Crippen molar-refractivity contribution in [1.29, 1.82) is 0 Å². The lowest BCUT2D eigenvalue weighted by Crippen LogP contribution is -2.49. The number of rotatable bonds is 4. The van der Waals surface area contributed by atoms with E-state index < -0.39 is 45.8 Å². The van der Waals surface area contributed by atoms with Gasteiger partial charge >= 0.3 is 23.9 Å². The van der Waals surface area contributed by atoms with E-state index in [0.717, 1.165) is 12.1 Å². The van der Waals surface area contributed by atoms with Crippen molar-refractivity contribution >= 4 is 52.7 Å². The monoisotopic (exact) mass is 374 g/mol. The van der Waals surface area contributed by atoms with Gasteiger partial charge in [0.05, 0.1) is 11.1 Å². The van der Waals surface area contributed by atoms with Crippen molar-refractivity contribution in [1.82, 2.24) is 0 Å². The van der Waals surface area contributed by atoms with Gasteiger partial charge in [-0.1, -0.05) is 29.3 Å². The normalized spacial score (nSPS) is 22.7. The molecule has 0 amide bonds. The number of carboxylic acids is 4. The van der Waals surface area contributed by atoms with E-state index in [0.29, 0.717) is 0 Å². The number of halogens is 2. The topological polar surface area (TPSA) is 149 Å². The Bertz CT molecular complexity index is 828. The number of alkyl halides is 1. The lowest BCUT2D eigenvalue weighted by Gasteiger charge is -2.35. The Labute approximate surface area is 143 Å². The number of carboxylic acid groups (broad SMARTS) is 4. The maximum Gasteiger partial charge on any atom is 0.336 e. The minimum atomic E-state index is -3.01. The Morgan fingerprint density at radius 1 is 1.00 bits per heavy atom. The minimum absolute atomic E-state index is 0.0128. The number of hydrogen-bond acceptors (Lipinski definition) is 4. The van der Waals surface area contributed by atoms with Gasteiger partial charge in [0.25, 0.3) is 0 Å². The van der Waals surface area contributed by atoms with Gasteiger partial charge in [-0.25, -0.2) is 14.4 Å². The van der Waals surface area contributed by atoms with Crippen LogP contribution in [0, 0.1) is 0 Å². The second kappa shape index (κ2) is 5.81. The number of benzene rings is 1. The second-order valence-electron chi connectivity index (χ2n) is 4.88. The quantitative estimate of drug-likeness (QED) is 0.579. The summed E-state index contributed by atoms with van der Waals surface area (Å²) in [6.07, 6.45) is 0. The van der Waals surface area contributed by atoms with Crippen LogP contribution in [0.15, 0.2) is 23.8 Å². The first-order valence-corrected chi connectivity index (χ1v) is 6.95. The summed E-state index contributed by atoms with van der Waals surface area (Å²) in [5.74, 6) is -9.47. The predicted octanol–water partition coefficient (Wildman–Crippen LogP) is 1.51. The van der Waals surface area contributed by atoms with Crippen LogP contribution in [0.4, 0.5) is 0 Å². The van der Waals surface area contributed by atoms with Crippen LogP contribution in [0.3, 0.4) is 0 Å². The molecule has 1 aromatic rings. The molecule has 0 fully saturated rings. The minimum Gasteiger partial charge on any atom is -0.481 e. The zero-order valence-electron chi connectivity index (χ0n) is 11.5. The molecule has 0 heterocycles. The highest BCUT2D eigenvalue weighted by molar-refractivity contribution is 6.44. The summed E-state index contributed by atoms with van der Waals surface area (Å²) >= 11 is 11.7. The molecule has 10 heteroatoms. The van der Waals surface area contributed by atoms with Crippen LogP contribution in [0.25, 0.3) is 5.57 Å². The molecule has 2 unspecified atom stereocenters. The van der Waals surface area contributed by atoms with Gasteiger partial charge in [-0.2, -0.15) is 0 Å². The van der Waals surface area contributed by atoms with E-state index >= 15 is 0 Å². The molecule has 0 bridgehead atoms. The van der Waals surface area contributed by atoms with Crippen LogP contribution in [0.2, 0.25) is 5.02 Å². The average Bonchev–Trinajstić information content (AvgIpc) is 2.44. The van der Waals surface area contributed by atoms with E-state index in [1.807, 2.05) is 0 Å². The van der Waals surface area contributed by atoms with E-state index in [1.165, 1.54) is 6.07 Å². The fraction of sp³-hybridized carbons (Fsp3) is 0.143. The molecule has 0 spiro atoms. The molecule has 2 atom stereocenters. The maximum absolute atomic E-state index is 11.6. The second-order valence-corrected chi connectivity index (χ2v) is 5.91. The zero-order valence-corrected chi connectivity index (χ0v) is 13.0. The number of carbonyl (C=O) groups is 4. The van der Waals surface area contributed by atoms with Gasteiger partial charge in [0, 0.05) is 5.02 Å². The Balaban J connectivity index is 3.08. The van der Waals surface area contributed by atoms with E-state index in [-0.39, 0.29) is 16.1 Å². The maximum atomic E-state index is 11.6. The highest BCUT2D eigenvalue weighted by atomic mass is 35.5. The molecule has 0 saturated carbocycles. The summed E-state index contributed by atoms with van der Waals surface area (Å²) in [6.45, 7) is 0. The molecule has 0 radical (unpaired) electrons.